The second-order valence-electron chi connectivity index (χ2n) is 4.83. The molecular weight excluding hydrogens is 312 g/mol. The molecule has 2 nitrogen and oxygen atoms in total. The van der Waals surface area contributed by atoms with Crippen LogP contribution < -0.4 is 0 Å². The highest BCUT2D eigenvalue weighted by molar-refractivity contribution is 9.09. The molecule has 0 aromatic heterocycles. The Bertz CT molecular complexity index is 379. The Hall–Kier alpha value is -0.480. The average molecular weight is 331 g/mol. The lowest BCUT2D eigenvalue weighted by atomic mass is 9.86. The van der Waals surface area contributed by atoms with E-state index in [9.17, 15) is 4.79 Å². The van der Waals surface area contributed by atoms with Gasteiger partial charge in [0.15, 0.2) is 0 Å². The van der Waals surface area contributed by atoms with Crippen LogP contribution in [0.15, 0.2) is 30.3 Å². The zero-order chi connectivity index (χ0) is 13.6. The van der Waals surface area contributed by atoms with Gasteiger partial charge in [0.1, 0.15) is 6.61 Å². The lowest BCUT2D eigenvalue weighted by molar-refractivity contribution is -0.153. The van der Waals surface area contributed by atoms with Crippen LogP contribution in [0.3, 0.4) is 0 Å². The molecule has 0 bridgehead atoms. The lowest BCUT2D eigenvalue weighted by Crippen LogP contribution is -2.28. The highest BCUT2D eigenvalue weighted by Crippen LogP contribution is 2.36. The molecule has 1 aromatic rings. The van der Waals surface area contributed by atoms with Gasteiger partial charge in [-0.1, -0.05) is 46.3 Å². The molecule has 1 atom stereocenters. The number of ether oxygens (including phenoxy) is 1. The third-order valence-corrected chi connectivity index (χ3v) is 3.76. The predicted molar refractivity (Wildman–Crippen MR) is 81.3 cm³/mol. The standard InChI is InChI=1S/C14H19BrO2S/c1-14(2,13(16)17-8-9-18)10-12(15)11-6-4-3-5-7-11/h3-7,12,18H,8-10H2,1-2H3. The van der Waals surface area contributed by atoms with E-state index in [1.54, 1.807) is 0 Å². The number of hydrogen-bond acceptors (Lipinski definition) is 3. The summed E-state index contributed by atoms with van der Waals surface area (Å²) in [5.41, 5.74) is 0.667. The second kappa shape index (κ2) is 7.19. The van der Waals surface area contributed by atoms with Gasteiger partial charge < -0.3 is 4.74 Å². The molecule has 0 aliphatic rings. The van der Waals surface area contributed by atoms with Crippen LogP contribution in [-0.4, -0.2) is 18.3 Å². The van der Waals surface area contributed by atoms with Crippen molar-refractivity contribution >= 4 is 34.5 Å². The molecule has 0 radical (unpaired) electrons. The van der Waals surface area contributed by atoms with Crippen molar-refractivity contribution in [3.8, 4) is 0 Å². The molecule has 1 rings (SSSR count). The molecule has 0 aliphatic carbocycles. The molecular formula is C14H19BrO2S. The number of benzene rings is 1. The van der Waals surface area contributed by atoms with Gasteiger partial charge in [0, 0.05) is 10.6 Å². The zero-order valence-corrected chi connectivity index (χ0v) is 13.2. The molecule has 100 valence electrons. The van der Waals surface area contributed by atoms with E-state index in [0.717, 1.165) is 0 Å². The van der Waals surface area contributed by atoms with Gasteiger partial charge >= 0.3 is 5.97 Å². The molecule has 0 fully saturated rings. The minimum Gasteiger partial charge on any atom is -0.464 e. The quantitative estimate of drug-likeness (QED) is 0.484. The predicted octanol–water partition coefficient (Wildman–Crippen LogP) is 4.01. The van der Waals surface area contributed by atoms with Gasteiger partial charge in [0.2, 0.25) is 0 Å². The number of alkyl halides is 1. The number of thiol groups is 1. The lowest BCUT2D eigenvalue weighted by Gasteiger charge is -2.25. The van der Waals surface area contributed by atoms with Crippen molar-refractivity contribution in [3.63, 3.8) is 0 Å². The number of hydrogen-bond donors (Lipinski definition) is 1. The van der Waals surface area contributed by atoms with E-state index < -0.39 is 5.41 Å². The first-order valence-electron chi connectivity index (χ1n) is 5.94. The topological polar surface area (TPSA) is 26.3 Å². The number of esters is 1. The third kappa shape index (κ3) is 4.65. The average Bonchev–Trinajstić information content (AvgIpc) is 2.36. The van der Waals surface area contributed by atoms with E-state index in [1.807, 2.05) is 32.0 Å². The van der Waals surface area contributed by atoms with Crippen LogP contribution in [-0.2, 0) is 9.53 Å². The molecule has 0 aliphatic heterocycles. The first-order chi connectivity index (χ1) is 8.47. The summed E-state index contributed by atoms with van der Waals surface area (Å²) in [5.74, 6) is 0.384. The molecule has 0 saturated carbocycles. The van der Waals surface area contributed by atoms with Crippen LogP contribution in [0.2, 0.25) is 0 Å². The summed E-state index contributed by atoms with van der Waals surface area (Å²) in [6.07, 6.45) is 0.697. The Morgan fingerprint density at radius 1 is 1.39 bits per heavy atom. The van der Waals surface area contributed by atoms with E-state index in [1.165, 1.54) is 5.56 Å². The van der Waals surface area contributed by atoms with Gasteiger partial charge in [0.05, 0.1) is 5.41 Å². The molecule has 0 N–H and O–H groups in total. The fourth-order valence-electron chi connectivity index (χ4n) is 1.64. The zero-order valence-electron chi connectivity index (χ0n) is 10.7. The Kier molecular flexibility index (Phi) is 6.22. The second-order valence-corrected chi connectivity index (χ2v) is 6.38. The molecule has 1 unspecified atom stereocenters. The Labute approximate surface area is 123 Å². The highest BCUT2D eigenvalue weighted by Gasteiger charge is 2.32. The Morgan fingerprint density at radius 3 is 2.56 bits per heavy atom. The molecule has 18 heavy (non-hydrogen) atoms. The molecule has 0 amide bonds. The molecule has 0 spiro atoms. The number of carbonyl (C=O) groups is 1. The number of halogens is 1. The van der Waals surface area contributed by atoms with Crippen molar-refractivity contribution in [2.24, 2.45) is 5.41 Å². The summed E-state index contributed by atoms with van der Waals surface area (Å²) in [6, 6.07) is 10.1. The number of rotatable bonds is 6. The van der Waals surface area contributed by atoms with Gasteiger partial charge in [-0.25, -0.2) is 0 Å². The van der Waals surface area contributed by atoms with Crippen molar-refractivity contribution in [3.05, 3.63) is 35.9 Å². The van der Waals surface area contributed by atoms with Crippen molar-refractivity contribution in [1.29, 1.82) is 0 Å². The van der Waals surface area contributed by atoms with Gasteiger partial charge in [-0.05, 0) is 25.8 Å². The molecule has 1 aromatic carbocycles. The van der Waals surface area contributed by atoms with Gasteiger partial charge in [-0.15, -0.1) is 0 Å². The summed E-state index contributed by atoms with van der Waals surface area (Å²) in [5, 5.41) is 0. The van der Waals surface area contributed by atoms with E-state index in [0.29, 0.717) is 18.8 Å². The first-order valence-corrected chi connectivity index (χ1v) is 7.49. The van der Waals surface area contributed by atoms with Gasteiger partial charge in [-0.2, -0.15) is 12.6 Å². The summed E-state index contributed by atoms with van der Waals surface area (Å²) < 4.78 is 5.16. The normalized spacial score (nSPS) is 13.1. The Morgan fingerprint density at radius 2 is 2.00 bits per heavy atom. The summed E-state index contributed by atoms with van der Waals surface area (Å²) >= 11 is 7.67. The van der Waals surface area contributed by atoms with E-state index in [-0.39, 0.29) is 10.8 Å². The van der Waals surface area contributed by atoms with Crippen LogP contribution in [0.5, 0.6) is 0 Å². The van der Waals surface area contributed by atoms with E-state index in [2.05, 4.69) is 40.7 Å². The van der Waals surface area contributed by atoms with Crippen molar-refractivity contribution in [2.45, 2.75) is 25.1 Å². The van der Waals surface area contributed by atoms with Crippen LogP contribution >= 0.6 is 28.6 Å². The molecule has 4 heteroatoms. The van der Waals surface area contributed by atoms with Crippen LogP contribution in [0, 0.1) is 5.41 Å². The minimum absolute atomic E-state index is 0.150. The number of carbonyl (C=O) groups excluding carboxylic acids is 1. The third-order valence-electron chi connectivity index (χ3n) is 2.73. The van der Waals surface area contributed by atoms with Gasteiger partial charge in [0.25, 0.3) is 0 Å². The Balaban J connectivity index is 2.62. The van der Waals surface area contributed by atoms with Crippen LogP contribution in [0.25, 0.3) is 0 Å². The monoisotopic (exact) mass is 330 g/mol. The molecule has 0 heterocycles. The van der Waals surface area contributed by atoms with E-state index in [4.69, 9.17) is 4.74 Å². The summed E-state index contributed by atoms with van der Waals surface area (Å²) in [6.45, 7) is 4.18. The van der Waals surface area contributed by atoms with Crippen LogP contribution in [0.1, 0.15) is 30.7 Å². The maximum Gasteiger partial charge on any atom is 0.311 e. The van der Waals surface area contributed by atoms with E-state index >= 15 is 0 Å². The largest absolute Gasteiger partial charge is 0.464 e. The van der Waals surface area contributed by atoms with Crippen LogP contribution in [0.4, 0.5) is 0 Å². The maximum absolute atomic E-state index is 11.9. The van der Waals surface area contributed by atoms with Crippen molar-refractivity contribution in [1.82, 2.24) is 0 Å². The minimum atomic E-state index is -0.507. The first kappa shape index (κ1) is 15.6. The maximum atomic E-state index is 11.9. The molecule has 0 saturated heterocycles. The van der Waals surface area contributed by atoms with Crippen molar-refractivity contribution < 1.29 is 9.53 Å². The fraction of sp³-hybridized carbons (Fsp3) is 0.500. The summed E-state index contributed by atoms with van der Waals surface area (Å²) in [4.78, 5) is 12.1. The SMILES string of the molecule is CC(C)(CC(Br)c1ccccc1)C(=O)OCCS. The van der Waals surface area contributed by atoms with Crippen molar-refractivity contribution in [2.75, 3.05) is 12.4 Å². The fourth-order valence-corrected chi connectivity index (χ4v) is 2.85. The smallest absolute Gasteiger partial charge is 0.311 e. The highest BCUT2D eigenvalue weighted by atomic mass is 79.9. The van der Waals surface area contributed by atoms with Gasteiger partial charge in [-0.3, -0.25) is 4.79 Å². The summed E-state index contributed by atoms with van der Waals surface area (Å²) in [7, 11) is 0.